The van der Waals surface area contributed by atoms with E-state index in [-0.39, 0.29) is 17.1 Å². The molecule has 0 bridgehead atoms. The van der Waals surface area contributed by atoms with Crippen molar-refractivity contribution in [3.05, 3.63) is 83.4 Å². The van der Waals surface area contributed by atoms with Gasteiger partial charge >= 0.3 is 0 Å². The number of ketones is 1. The summed E-state index contributed by atoms with van der Waals surface area (Å²) in [6, 6.07) is 18.7. The number of rotatable bonds is 4. The monoisotopic (exact) mass is 387 g/mol. The van der Waals surface area contributed by atoms with Gasteiger partial charge < -0.3 is 15.1 Å². The highest BCUT2D eigenvalue weighted by molar-refractivity contribution is 6.46. The third-order valence-corrected chi connectivity index (χ3v) is 5.26. The van der Waals surface area contributed by atoms with Crippen LogP contribution in [0.5, 0.6) is 5.75 Å². The van der Waals surface area contributed by atoms with E-state index in [1.807, 2.05) is 43.3 Å². The maximum atomic E-state index is 12.9. The number of phenols is 1. The molecule has 4 rings (SSSR count). The molecule has 1 saturated heterocycles. The van der Waals surface area contributed by atoms with Gasteiger partial charge in [0.15, 0.2) is 0 Å². The fourth-order valence-electron chi connectivity index (χ4n) is 3.93. The predicted octanol–water partition coefficient (Wildman–Crippen LogP) is 4.38. The molecule has 3 aromatic rings. The lowest BCUT2D eigenvalue weighted by Gasteiger charge is -2.25. The molecule has 0 radical (unpaired) electrons. The van der Waals surface area contributed by atoms with E-state index >= 15 is 0 Å². The highest BCUT2D eigenvalue weighted by Gasteiger charge is 2.45. The number of benzene rings is 3. The average Bonchev–Trinajstić information content (AvgIpc) is 2.99. The lowest BCUT2D eigenvalue weighted by atomic mass is 9.93. The van der Waals surface area contributed by atoms with Crippen molar-refractivity contribution < 1.29 is 19.8 Å². The fourth-order valence-corrected chi connectivity index (χ4v) is 3.93. The Balaban J connectivity index is 1.95. The van der Waals surface area contributed by atoms with E-state index in [2.05, 4.69) is 0 Å². The number of carbonyl (C=O) groups excluding carboxylic acids is 2. The summed E-state index contributed by atoms with van der Waals surface area (Å²) in [6.07, 6.45) is 0.677. The van der Waals surface area contributed by atoms with Crippen molar-refractivity contribution in [3.8, 4) is 5.75 Å². The van der Waals surface area contributed by atoms with Crippen molar-refractivity contribution in [2.45, 2.75) is 19.4 Å². The van der Waals surface area contributed by atoms with E-state index in [9.17, 15) is 19.8 Å². The SMILES string of the molecule is CCCN1C(=O)C(=O)/C(=C(\O)c2cccc3ccccc23)C1c1ccc(O)cc1. The molecule has 1 amide bonds. The van der Waals surface area contributed by atoms with Crippen LogP contribution in [0.15, 0.2) is 72.3 Å². The first-order valence-corrected chi connectivity index (χ1v) is 9.58. The van der Waals surface area contributed by atoms with Crippen LogP contribution < -0.4 is 0 Å². The van der Waals surface area contributed by atoms with E-state index in [1.165, 1.54) is 17.0 Å². The Labute approximate surface area is 168 Å². The molecule has 0 spiro atoms. The summed E-state index contributed by atoms with van der Waals surface area (Å²) >= 11 is 0. The van der Waals surface area contributed by atoms with Crippen LogP contribution in [-0.4, -0.2) is 33.3 Å². The van der Waals surface area contributed by atoms with Crippen LogP contribution in [-0.2, 0) is 9.59 Å². The third kappa shape index (κ3) is 3.14. The molecule has 1 fully saturated rings. The largest absolute Gasteiger partial charge is 0.508 e. The Hall–Kier alpha value is -3.60. The van der Waals surface area contributed by atoms with Gasteiger partial charge in [0.2, 0.25) is 0 Å². The Morgan fingerprint density at radius 2 is 1.66 bits per heavy atom. The molecule has 1 atom stereocenters. The first kappa shape index (κ1) is 18.7. The number of hydrogen-bond acceptors (Lipinski definition) is 4. The summed E-state index contributed by atoms with van der Waals surface area (Å²) in [5, 5.41) is 22.6. The quantitative estimate of drug-likeness (QED) is 0.396. The molecule has 2 N–H and O–H groups in total. The highest BCUT2D eigenvalue weighted by atomic mass is 16.3. The van der Waals surface area contributed by atoms with Crippen molar-refractivity contribution in [3.63, 3.8) is 0 Å². The summed E-state index contributed by atoms with van der Waals surface area (Å²) in [4.78, 5) is 27.2. The van der Waals surface area contributed by atoms with E-state index in [0.29, 0.717) is 24.1 Å². The number of aromatic hydroxyl groups is 1. The smallest absolute Gasteiger partial charge is 0.295 e. The van der Waals surface area contributed by atoms with Gasteiger partial charge in [0, 0.05) is 12.1 Å². The summed E-state index contributed by atoms with van der Waals surface area (Å²) in [7, 11) is 0. The van der Waals surface area contributed by atoms with Crippen molar-refractivity contribution in [1.29, 1.82) is 0 Å². The molecule has 3 aromatic carbocycles. The zero-order chi connectivity index (χ0) is 20.5. The number of amides is 1. The number of hydrogen-bond donors (Lipinski definition) is 2. The summed E-state index contributed by atoms with van der Waals surface area (Å²) < 4.78 is 0. The minimum atomic E-state index is -0.700. The number of fused-ring (bicyclic) bond motifs is 1. The van der Waals surface area contributed by atoms with Crippen molar-refractivity contribution >= 4 is 28.2 Å². The molecule has 29 heavy (non-hydrogen) atoms. The zero-order valence-corrected chi connectivity index (χ0v) is 16.0. The maximum Gasteiger partial charge on any atom is 0.295 e. The second-order valence-corrected chi connectivity index (χ2v) is 7.11. The molecule has 0 saturated carbocycles. The number of aliphatic hydroxyl groups is 1. The lowest BCUT2D eigenvalue weighted by Crippen LogP contribution is -2.30. The molecule has 5 heteroatoms. The van der Waals surface area contributed by atoms with Crippen molar-refractivity contribution in [1.82, 2.24) is 4.90 Å². The van der Waals surface area contributed by atoms with Gasteiger partial charge in [0.25, 0.3) is 11.7 Å². The van der Waals surface area contributed by atoms with Crippen molar-refractivity contribution in [2.75, 3.05) is 6.54 Å². The second-order valence-electron chi connectivity index (χ2n) is 7.11. The first-order chi connectivity index (χ1) is 14.0. The van der Waals surface area contributed by atoms with Gasteiger partial charge in [-0.3, -0.25) is 9.59 Å². The van der Waals surface area contributed by atoms with E-state index in [0.717, 1.165) is 10.8 Å². The number of phenolic OH excluding ortho intramolecular Hbond substituents is 1. The number of nitrogens with zero attached hydrogens (tertiary/aromatic N) is 1. The second kappa shape index (κ2) is 7.43. The fraction of sp³-hybridized carbons (Fsp3) is 0.167. The van der Waals surface area contributed by atoms with Crippen LogP contribution >= 0.6 is 0 Å². The molecular weight excluding hydrogens is 366 g/mol. The molecule has 146 valence electrons. The van der Waals surface area contributed by atoms with Gasteiger partial charge in [-0.2, -0.15) is 0 Å². The summed E-state index contributed by atoms with van der Waals surface area (Å²) in [5.74, 6) is -1.40. The van der Waals surface area contributed by atoms with Crippen molar-refractivity contribution in [2.24, 2.45) is 0 Å². The molecule has 1 unspecified atom stereocenters. The third-order valence-electron chi connectivity index (χ3n) is 5.26. The van der Waals surface area contributed by atoms with Gasteiger partial charge in [-0.05, 0) is 34.9 Å². The first-order valence-electron chi connectivity index (χ1n) is 9.58. The predicted molar refractivity (Wildman–Crippen MR) is 111 cm³/mol. The van der Waals surface area contributed by atoms with Crippen LogP contribution in [0.3, 0.4) is 0 Å². The molecule has 1 heterocycles. The van der Waals surface area contributed by atoms with Crippen LogP contribution in [0, 0.1) is 0 Å². The normalized spacial score (nSPS) is 18.5. The maximum absolute atomic E-state index is 12.9. The number of aliphatic hydroxyl groups excluding tert-OH is 1. The molecular formula is C24H21NO4. The number of Topliss-reactive ketones (excluding diaryl/α,β-unsaturated/α-hetero) is 1. The zero-order valence-electron chi connectivity index (χ0n) is 16.0. The van der Waals surface area contributed by atoms with Gasteiger partial charge in [-0.15, -0.1) is 0 Å². The Kier molecular flexibility index (Phi) is 4.80. The number of carbonyl (C=O) groups is 2. The van der Waals surface area contributed by atoms with E-state index in [4.69, 9.17) is 0 Å². The standard InChI is InChI=1S/C24H21NO4/c1-2-14-25-21(16-10-12-17(26)13-11-16)20(23(28)24(25)29)22(27)19-9-5-7-15-6-3-4-8-18(15)19/h3-13,21,26-27H,2,14H2,1H3/b22-20-. The topological polar surface area (TPSA) is 77.8 Å². The lowest BCUT2D eigenvalue weighted by molar-refractivity contribution is -0.139. The average molecular weight is 387 g/mol. The molecule has 0 aliphatic carbocycles. The Morgan fingerprint density at radius 1 is 0.966 bits per heavy atom. The molecule has 0 aromatic heterocycles. The highest BCUT2D eigenvalue weighted by Crippen LogP contribution is 2.40. The minimum absolute atomic E-state index is 0.0745. The van der Waals surface area contributed by atoms with Crippen LogP contribution in [0.25, 0.3) is 16.5 Å². The number of likely N-dealkylation sites (tertiary alicyclic amines) is 1. The minimum Gasteiger partial charge on any atom is -0.508 e. The van der Waals surface area contributed by atoms with E-state index in [1.54, 1.807) is 18.2 Å². The van der Waals surface area contributed by atoms with Gasteiger partial charge in [0.05, 0.1) is 11.6 Å². The van der Waals surface area contributed by atoms with Gasteiger partial charge in [-0.1, -0.05) is 61.5 Å². The Bertz CT molecular complexity index is 1130. The summed E-state index contributed by atoms with van der Waals surface area (Å²) in [5.41, 5.74) is 1.25. The van der Waals surface area contributed by atoms with Crippen LogP contribution in [0.4, 0.5) is 0 Å². The molecule has 1 aliphatic heterocycles. The molecule has 5 nitrogen and oxygen atoms in total. The molecule has 1 aliphatic rings. The van der Waals surface area contributed by atoms with Crippen LogP contribution in [0.2, 0.25) is 0 Å². The summed E-state index contributed by atoms with van der Waals surface area (Å²) in [6.45, 7) is 2.32. The van der Waals surface area contributed by atoms with Gasteiger partial charge in [-0.25, -0.2) is 0 Å². The van der Waals surface area contributed by atoms with E-state index < -0.39 is 17.7 Å². The van der Waals surface area contributed by atoms with Gasteiger partial charge in [0.1, 0.15) is 11.5 Å². The van der Waals surface area contributed by atoms with Crippen LogP contribution in [0.1, 0.15) is 30.5 Å². The Morgan fingerprint density at radius 3 is 2.38 bits per heavy atom.